The normalized spacial score (nSPS) is 10.7. The van der Waals surface area contributed by atoms with E-state index in [1.54, 1.807) is 49.4 Å². The average molecular weight is 373 g/mol. The molecule has 0 aliphatic carbocycles. The van der Waals surface area contributed by atoms with E-state index in [9.17, 15) is 13.6 Å². The first-order valence-corrected chi connectivity index (χ1v) is 8.07. The molecule has 3 rings (SSSR count). The van der Waals surface area contributed by atoms with Gasteiger partial charge < -0.3 is 19.2 Å². The van der Waals surface area contributed by atoms with Crippen LogP contribution in [-0.2, 0) is 0 Å². The zero-order valence-electron chi connectivity index (χ0n) is 14.7. The minimum atomic E-state index is -2.96. The van der Waals surface area contributed by atoms with Gasteiger partial charge >= 0.3 is 6.61 Å². The van der Waals surface area contributed by atoms with Crippen molar-refractivity contribution in [3.8, 4) is 22.6 Å². The lowest BCUT2D eigenvalue weighted by atomic mass is 10.0. The summed E-state index contributed by atoms with van der Waals surface area (Å²) < 4.78 is 40.5. The Hall–Kier alpha value is -3.35. The number of aryl methyl sites for hydroxylation is 1. The molecule has 2 aromatic carbocycles. The molecule has 0 saturated heterocycles. The number of anilines is 1. The number of ether oxygens (including phenoxy) is 2. The lowest BCUT2D eigenvalue weighted by Crippen LogP contribution is -2.11. The zero-order chi connectivity index (χ0) is 19.4. The summed E-state index contributed by atoms with van der Waals surface area (Å²) >= 11 is 0. The van der Waals surface area contributed by atoms with Crippen LogP contribution in [0.15, 0.2) is 59.0 Å². The average Bonchev–Trinajstić information content (AvgIpc) is 3.09. The van der Waals surface area contributed by atoms with E-state index >= 15 is 0 Å². The van der Waals surface area contributed by atoms with Crippen LogP contribution in [0, 0.1) is 6.92 Å². The van der Waals surface area contributed by atoms with Crippen LogP contribution in [0.3, 0.4) is 0 Å². The lowest BCUT2D eigenvalue weighted by Gasteiger charge is -2.13. The van der Waals surface area contributed by atoms with Crippen LogP contribution in [0.1, 0.15) is 16.3 Å². The molecule has 0 aliphatic rings. The van der Waals surface area contributed by atoms with Crippen molar-refractivity contribution in [1.29, 1.82) is 0 Å². The maximum absolute atomic E-state index is 12.7. The number of alkyl halides is 2. The van der Waals surface area contributed by atoms with Crippen molar-refractivity contribution in [3.05, 3.63) is 66.1 Å². The van der Waals surface area contributed by atoms with Crippen molar-refractivity contribution in [2.24, 2.45) is 0 Å². The Labute approximate surface area is 154 Å². The predicted octanol–water partition coefficient (Wildman–Crippen LogP) is 5.12. The van der Waals surface area contributed by atoms with Crippen molar-refractivity contribution in [2.75, 3.05) is 12.4 Å². The molecule has 0 radical (unpaired) electrons. The Balaban J connectivity index is 1.93. The third kappa shape index (κ3) is 4.44. The van der Waals surface area contributed by atoms with Gasteiger partial charge in [0.15, 0.2) is 5.76 Å². The van der Waals surface area contributed by atoms with E-state index in [0.29, 0.717) is 28.3 Å². The molecule has 0 atom stereocenters. The second kappa shape index (κ2) is 7.90. The van der Waals surface area contributed by atoms with Crippen LogP contribution in [-0.4, -0.2) is 19.6 Å². The van der Waals surface area contributed by atoms with Gasteiger partial charge in [0, 0.05) is 11.3 Å². The number of halogens is 2. The summed E-state index contributed by atoms with van der Waals surface area (Å²) in [5.74, 6) is 0.965. The van der Waals surface area contributed by atoms with Crippen LogP contribution in [0.2, 0.25) is 0 Å². The van der Waals surface area contributed by atoms with Crippen LogP contribution >= 0.6 is 0 Å². The topological polar surface area (TPSA) is 60.7 Å². The molecular weight excluding hydrogens is 356 g/mol. The minimum absolute atomic E-state index is 0.00186. The van der Waals surface area contributed by atoms with Gasteiger partial charge in [-0.25, -0.2) is 0 Å². The summed E-state index contributed by atoms with van der Waals surface area (Å²) in [4.78, 5) is 12.2. The first-order chi connectivity index (χ1) is 13.0. The molecule has 0 aliphatic heterocycles. The number of carbonyl (C=O) groups excluding carboxylic acids is 1. The quantitative estimate of drug-likeness (QED) is 0.652. The summed E-state index contributed by atoms with van der Waals surface area (Å²) in [7, 11) is 1.53. The summed E-state index contributed by atoms with van der Waals surface area (Å²) in [5.41, 5.74) is 1.46. The van der Waals surface area contributed by atoms with E-state index < -0.39 is 12.5 Å². The second-order valence-electron chi connectivity index (χ2n) is 5.68. The Bertz CT molecular complexity index is 935. The van der Waals surface area contributed by atoms with Crippen molar-refractivity contribution < 1.29 is 27.5 Å². The Morgan fingerprint density at radius 2 is 1.81 bits per heavy atom. The number of methoxy groups -OCH3 is 1. The van der Waals surface area contributed by atoms with E-state index in [0.717, 1.165) is 0 Å². The van der Waals surface area contributed by atoms with E-state index in [-0.39, 0.29) is 11.5 Å². The van der Waals surface area contributed by atoms with Gasteiger partial charge in [-0.05, 0) is 55.0 Å². The van der Waals surface area contributed by atoms with Gasteiger partial charge in [-0.3, -0.25) is 4.79 Å². The van der Waals surface area contributed by atoms with Crippen LogP contribution in [0.4, 0.5) is 14.5 Å². The number of nitrogens with one attached hydrogen (secondary N) is 1. The van der Waals surface area contributed by atoms with Crippen molar-refractivity contribution in [2.45, 2.75) is 13.5 Å². The van der Waals surface area contributed by atoms with Crippen LogP contribution in [0.25, 0.3) is 11.1 Å². The number of benzene rings is 2. The molecule has 1 amide bonds. The summed E-state index contributed by atoms with van der Waals surface area (Å²) in [5, 5.41) is 2.68. The van der Waals surface area contributed by atoms with Gasteiger partial charge in [-0.15, -0.1) is 0 Å². The summed E-state index contributed by atoms with van der Waals surface area (Å²) in [6.07, 6.45) is 0. The fourth-order valence-electron chi connectivity index (χ4n) is 2.55. The molecule has 140 valence electrons. The maximum Gasteiger partial charge on any atom is 0.387 e. The molecule has 5 nitrogen and oxygen atoms in total. The third-order valence-corrected chi connectivity index (χ3v) is 3.82. The molecule has 0 fully saturated rings. The molecule has 1 N–H and O–H groups in total. The Kier molecular flexibility index (Phi) is 5.40. The Morgan fingerprint density at radius 3 is 2.41 bits per heavy atom. The highest BCUT2D eigenvalue weighted by Crippen LogP contribution is 2.34. The largest absolute Gasteiger partial charge is 0.497 e. The molecule has 0 bridgehead atoms. The van der Waals surface area contributed by atoms with Gasteiger partial charge in [0.1, 0.15) is 17.3 Å². The molecule has 7 heteroatoms. The highest BCUT2D eigenvalue weighted by atomic mass is 19.3. The SMILES string of the molecule is COc1ccc(-c2cc(NC(=O)c3ccc(C)o3)ccc2OC(F)F)cc1. The van der Waals surface area contributed by atoms with Crippen LogP contribution in [0.5, 0.6) is 11.5 Å². The molecule has 0 saturated carbocycles. The molecule has 3 aromatic rings. The van der Waals surface area contributed by atoms with Gasteiger partial charge in [-0.2, -0.15) is 8.78 Å². The molecular formula is C20H17F2NO4. The number of amides is 1. The molecule has 1 heterocycles. The zero-order valence-corrected chi connectivity index (χ0v) is 14.7. The first-order valence-electron chi connectivity index (χ1n) is 8.07. The lowest BCUT2D eigenvalue weighted by molar-refractivity contribution is -0.0494. The Morgan fingerprint density at radius 1 is 1.07 bits per heavy atom. The fourth-order valence-corrected chi connectivity index (χ4v) is 2.55. The molecule has 27 heavy (non-hydrogen) atoms. The number of carbonyl (C=O) groups is 1. The van der Waals surface area contributed by atoms with Gasteiger partial charge in [0.25, 0.3) is 5.91 Å². The molecule has 0 spiro atoms. The van der Waals surface area contributed by atoms with E-state index in [4.69, 9.17) is 9.15 Å². The second-order valence-corrected chi connectivity index (χ2v) is 5.68. The first kappa shape index (κ1) is 18.4. The van der Waals surface area contributed by atoms with Crippen molar-refractivity contribution in [1.82, 2.24) is 0 Å². The molecule has 0 unspecified atom stereocenters. The third-order valence-electron chi connectivity index (χ3n) is 3.82. The predicted molar refractivity (Wildman–Crippen MR) is 96.5 cm³/mol. The van der Waals surface area contributed by atoms with Crippen molar-refractivity contribution in [3.63, 3.8) is 0 Å². The summed E-state index contributed by atoms with van der Waals surface area (Å²) in [6, 6.07) is 14.5. The smallest absolute Gasteiger partial charge is 0.387 e. The van der Waals surface area contributed by atoms with Gasteiger partial charge in [0.05, 0.1) is 7.11 Å². The number of rotatable bonds is 6. The fraction of sp³-hybridized carbons (Fsp3) is 0.150. The molecule has 1 aromatic heterocycles. The van der Waals surface area contributed by atoms with Crippen molar-refractivity contribution >= 4 is 11.6 Å². The minimum Gasteiger partial charge on any atom is -0.497 e. The standard InChI is InChI=1S/C20H17F2NO4/c1-12-3-9-18(26-12)19(24)23-14-6-10-17(27-20(21)22)16(11-14)13-4-7-15(25-2)8-5-13/h3-11,20H,1-2H3,(H,23,24). The van der Waals surface area contributed by atoms with Gasteiger partial charge in [-0.1, -0.05) is 12.1 Å². The number of hydrogen-bond donors (Lipinski definition) is 1. The van der Waals surface area contributed by atoms with E-state index in [2.05, 4.69) is 10.1 Å². The summed E-state index contributed by atoms with van der Waals surface area (Å²) in [6.45, 7) is -1.23. The highest BCUT2D eigenvalue weighted by molar-refractivity contribution is 6.02. The monoisotopic (exact) mass is 373 g/mol. The van der Waals surface area contributed by atoms with E-state index in [1.165, 1.54) is 19.2 Å². The maximum atomic E-state index is 12.7. The highest BCUT2D eigenvalue weighted by Gasteiger charge is 2.15. The van der Waals surface area contributed by atoms with Crippen LogP contribution < -0.4 is 14.8 Å². The number of hydrogen-bond acceptors (Lipinski definition) is 4. The van der Waals surface area contributed by atoms with Gasteiger partial charge in [0.2, 0.25) is 0 Å². The van der Waals surface area contributed by atoms with E-state index in [1.807, 2.05) is 0 Å². The number of furan rings is 1.